The van der Waals surface area contributed by atoms with E-state index < -0.39 is 0 Å². The van der Waals surface area contributed by atoms with E-state index in [-0.39, 0.29) is 12.7 Å². The molecule has 0 unspecified atom stereocenters. The molecule has 0 saturated carbocycles. The van der Waals surface area contributed by atoms with E-state index >= 15 is 0 Å². The molecule has 0 aliphatic carbocycles. The molecule has 0 bridgehead atoms. The van der Waals surface area contributed by atoms with Crippen LogP contribution in [0.1, 0.15) is 15.9 Å². The van der Waals surface area contributed by atoms with Gasteiger partial charge in [0.05, 0.1) is 5.56 Å². The molecule has 0 atom stereocenters. The largest absolute Gasteiger partial charge is 0.454 e. The summed E-state index contributed by atoms with van der Waals surface area (Å²) in [5, 5.41) is 6.37. The Hall–Kier alpha value is -2.40. The molecule has 0 spiro atoms. The number of rotatable bonds is 4. The van der Waals surface area contributed by atoms with Crippen molar-refractivity contribution >= 4 is 23.2 Å². The fourth-order valence-corrected chi connectivity index (χ4v) is 2.42. The Labute approximate surface area is 133 Å². The van der Waals surface area contributed by atoms with Crippen LogP contribution in [0.25, 0.3) is 0 Å². The van der Waals surface area contributed by atoms with Crippen LogP contribution in [0.2, 0.25) is 5.02 Å². The summed E-state index contributed by atoms with van der Waals surface area (Å²) in [7, 11) is 1.76. The van der Waals surface area contributed by atoms with Crippen LogP contribution in [0.3, 0.4) is 0 Å². The summed E-state index contributed by atoms with van der Waals surface area (Å²) in [4.78, 5) is 12.3. The van der Waals surface area contributed by atoms with Crippen LogP contribution in [0.15, 0.2) is 36.4 Å². The molecule has 1 aliphatic rings. The van der Waals surface area contributed by atoms with E-state index in [0.29, 0.717) is 22.9 Å². The fraction of sp³-hybridized carbons (Fsp3) is 0.188. The van der Waals surface area contributed by atoms with Gasteiger partial charge in [-0.3, -0.25) is 4.79 Å². The van der Waals surface area contributed by atoms with E-state index in [9.17, 15) is 4.79 Å². The predicted octanol–water partition coefficient (Wildman–Crippen LogP) is 3.04. The second kappa shape index (κ2) is 6.15. The van der Waals surface area contributed by atoms with Gasteiger partial charge in [0, 0.05) is 24.3 Å². The molecule has 0 saturated heterocycles. The number of nitrogens with one attached hydrogen (secondary N) is 2. The Morgan fingerprint density at radius 3 is 2.82 bits per heavy atom. The monoisotopic (exact) mass is 318 g/mol. The van der Waals surface area contributed by atoms with E-state index in [1.165, 1.54) is 0 Å². The maximum absolute atomic E-state index is 12.3. The quantitative estimate of drug-likeness (QED) is 0.909. The second-order valence-corrected chi connectivity index (χ2v) is 5.25. The van der Waals surface area contributed by atoms with E-state index in [0.717, 1.165) is 17.0 Å². The highest BCUT2D eigenvalue weighted by atomic mass is 35.5. The number of halogens is 1. The van der Waals surface area contributed by atoms with Crippen LogP contribution >= 0.6 is 11.6 Å². The summed E-state index contributed by atoms with van der Waals surface area (Å²) in [5.74, 6) is 1.23. The smallest absolute Gasteiger partial charge is 0.253 e. The molecule has 0 fully saturated rings. The van der Waals surface area contributed by atoms with Crippen LogP contribution in [0.5, 0.6) is 11.5 Å². The van der Waals surface area contributed by atoms with Gasteiger partial charge in [0.1, 0.15) is 0 Å². The standard InChI is InChI=1S/C16H15ClN2O3/c1-18-13-4-3-11(17)7-12(13)16(20)19-8-10-2-5-14-15(6-10)22-9-21-14/h2-7,18H,8-9H2,1H3,(H,19,20). The Balaban J connectivity index is 1.71. The van der Waals surface area contributed by atoms with Crippen molar-refractivity contribution in [3.05, 3.63) is 52.5 Å². The lowest BCUT2D eigenvalue weighted by atomic mass is 10.1. The molecule has 0 radical (unpaired) electrons. The maximum atomic E-state index is 12.3. The number of carbonyl (C=O) groups is 1. The molecule has 1 heterocycles. The number of hydrogen-bond acceptors (Lipinski definition) is 4. The molecule has 5 nitrogen and oxygen atoms in total. The molecule has 22 heavy (non-hydrogen) atoms. The Bertz CT molecular complexity index is 719. The SMILES string of the molecule is CNc1ccc(Cl)cc1C(=O)NCc1ccc2c(c1)OCO2. The van der Waals surface area contributed by atoms with Crippen LogP contribution in [-0.2, 0) is 6.54 Å². The first kappa shape index (κ1) is 14.5. The summed E-state index contributed by atoms with van der Waals surface area (Å²) in [5.41, 5.74) is 2.17. The molecule has 2 aromatic rings. The zero-order valence-corrected chi connectivity index (χ0v) is 12.7. The summed E-state index contributed by atoms with van der Waals surface area (Å²) in [6.45, 7) is 0.629. The topological polar surface area (TPSA) is 59.6 Å². The lowest BCUT2D eigenvalue weighted by molar-refractivity contribution is 0.0951. The van der Waals surface area contributed by atoms with E-state index in [4.69, 9.17) is 21.1 Å². The number of hydrogen-bond donors (Lipinski definition) is 2. The second-order valence-electron chi connectivity index (χ2n) is 4.81. The van der Waals surface area contributed by atoms with Crippen molar-refractivity contribution in [1.82, 2.24) is 5.32 Å². The van der Waals surface area contributed by atoms with Gasteiger partial charge in [-0.2, -0.15) is 0 Å². The number of fused-ring (bicyclic) bond motifs is 1. The van der Waals surface area contributed by atoms with E-state index in [1.54, 1.807) is 25.2 Å². The number of ether oxygens (including phenoxy) is 2. The van der Waals surface area contributed by atoms with Crippen molar-refractivity contribution < 1.29 is 14.3 Å². The van der Waals surface area contributed by atoms with Gasteiger partial charge in [-0.25, -0.2) is 0 Å². The van der Waals surface area contributed by atoms with Gasteiger partial charge in [0.25, 0.3) is 5.91 Å². The van der Waals surface area contributed by atoms with E-state index in [1.807, 2.05) is 18.2 Å². The van der Waals surface area contributed by atoms with Gasteiger partial charge in [-0.05, 0) is 35.9 Å². The van der Waals surface area contributed by atoms with Gasteiger partial charge in [0.2, 0.25) is 6.79 Å². The van der Waals surface area contributed by atoms with Crippen LogP contribution < -0.4 is 20.1 Å². The third kappa shape index (κ3) is 2.94. The lowest BCUT2D eigenvalue weighted by Crippen LogP contribution is -2.23. The minimum Gasteiger partial charge on any atom is -0.454 e. The predicted molar refractivity (Wildman–Crippen MR) is 84.7 cm³/mol. The zero-order chi connectivity index (χ0) is 15.5. The molecule has 2 aromatic carbocycles. The third-order valence-corrected chi connectivity index (χ3v) is 3.62. The minimum absolute atomic E-state index is 0.190. The zero-order valence-electron chi connectivity index (χ0n) is 12.0. The van der Waals surface area contributed by atoms with Crippen molar-refractivity contribution in [3.8, 4) is 11.5 Å². The summed E-state index contributed by atoms with van der Waals surface area (Å²) >= 11 is 5.96. The first-order chi connectivity index (χ1) is 10.7. The summed E-state index contributed by atoms with van der Waals surface area (Å²) in [6, 6.07) is 10.7. The summed E-state index contributed by atoms with van der Waals surface area (Å²) in [6.07, 6.45) is 0. The first-order valence-electron chi connectivity index (χ1n) is 6.81. The Morgan fingerprint density at radius 1 is 1.18 bits per heavy atom. The molecular weight excluding hydrogens is 304 g/mol. The lowest BCUT2D eigenvalue weighted by Gasteiger charge is -2.10. The van der Waals surface area contributed by atoms with Gasteiger partial charge < -0.3 is 20.1 Å². The highest BCUT2D eigenvalue weighted by molar-refractivity contribution is 6.31. The average Bonchev–Trinajstić information content (AvgIpc) is 3.00. The minimum atomic E-state index is -0.190. The van der Waals surface area contributed by atoms with Gasteiger partial charge in [0.15, 0.2) is 11.5 Å². The van der Waals surface area contributed by atoms with Crippen molar-refractivity contribution in [1.29, 1.82) is 0 Å². The molecule has 114 valence electrons. The Morgan fingerprint density at radius 2 is 2.00 bits per heavy atom. The van der Waals surface area contributed by atoms with Gasteiger partial charge in [-0.15, -0.1) is 0 Å². The molecule has 1 amide bonds. The first-order valence-corrected chi connectivity index (χ1v) is 7.19. The molecule has 3 rings (SSSR count). The summed E-state index contributed by atoms with van der Waals surface area (Å²) < 4.78 is 10.6. The van der Waals surface area contributed by atoms with Crippen molar-refractivity contribution in [3.63, 3.8) is 0 Å². The van der Waals surface area contributed by atoms with Crippen LogP contribution in [-0.4, -0.2) is 19.7 Å². The van der Waals surface area contributed by atoms with Crippen LogP contribution in [0.4, 0.5) is 5.69 Å². The molecule has 6 heteroatoms. The molecular formula is C16H15ClN2O3. The Kier molecular flexibility index (Phi) is 4.06. The van der Waals surface area contributed by atoms with Crippen LogP contribution in [0, 0.1) is 0 Å². The normalized spacial score (nSPS) is 12.1. The fourth-order valence-electron chi connectivity index (χ4n) is 2.25. The number of amides is 1. The van der Waals surface area contributed by atoms with Gasteiger partial charge in [-0.1, -0.05) is 17.7 Å². The van der Waals surface area contributed by atoms with Crippen molar-refractivity contribution in [2.45, 2.75) is 6.54 Å². The third-order valence-electron chi connectivity index (χ3n) is 3.39. The van der Waals surface area contributed by atoms with E-state index in [2.05, 4.69) is 10.6 Å². The number of anilines is 1. The van der Waals surface area contributed by atoms with Gasteiger partial charge >= 0.3 is 0 Å². The average molecular weight is 319 g/mol. The van der Waals surface area contributed by atoms with Crippen molar-refractivity contribution in [2.24, 2.45) is 0 Å². The maximum Gasteiger partial charge on any atom is 0.253 e. The number of benzene rings is 2. The molecule has 1 aliphatic heterocycles. The molecule has 0 aromatic heterocycles. The number of carbonyl (C=O) groups excluding carboxylic acids is 1. The molecule has 2 N–H and O–H groups in total. The van der Waals surface area contributed by atoms with Crippen molar-refractivity contribution in [2.75, 3.05) is 19.2 Å². The highest BCUT2D eigenvalue weighted by Gasteiger charge is 2.15. The highest BCUT2D eigenvalue weighted by Crippen LogP contribution is 2.32.